The van der Waals surface area contributed by atoms with Crippen LogP contribution in [0.1, 0.15) is 0 Å². The average Bonchev–Trinajstić information content (AvgIpc) is 2.30. The number of halogens is 4. The molecule has 0 fully saturated rings. The summed E-state index contributed by atoms with van der Waals surface area (Å²) in [5, 5.41) is 11.5. The maximum atomic E-state index is 12.0. The maximum absolute atomic E-state index is 12.0. The molecule has 18 heavy (non-hydrogen) atoms. The van der Waals surface area contributed by atoms with E-state index in [1.807, 2.05) is 0 Å². The quantitative estimate of drug-likeness (QED) is 0.626. The number of hydrogen-bond donors (Lipinski definition) is 0. The van der Waals surface area contributed by atoms with Gasteiger partial charge in [-0.3, -0.25) is 0 Å². The molecule has 2 aromatic rings. The first-order valence-corrected chi connectivity index (χ1v) is 5.12. The molecule has 0 aliphatic carbocycles. The van der Waals surface area contributed by atoms with Crippen molar-refractivity contribution in [3.8, 4) is 5.88 Å². The van der Waals surface area contributed by atoms with E-state index < -0.39 is 12.8 Å². The van der Waals surface area contributed by atoms with Crippen LogP contribution in [0.4, 0.5) is 13.2 Å². The van der Waals surface area contributed by atoms with Crippen LogP contribution >= 0.6 is 11.6 Å². The third kappa shape index (κ3) is 2.73. The number of fused-ring (bicyclic) bond motifs is 1. The lowest BCUT2D eigenvalue weighted by Crippen LogP contribution is -2.26. The Kier molecular flexibility index (Phi) is 3.16. The largest absolute Gasteiger partial charge is 0.618 e. The minimum absolute atomic E-state index is 0.0915. The number of ether oxygens (including phenoxy) is 1. The van der Waals surface area contributed by atoms with Gasteiger partial charge in [-0.2, -0.15) is 17.9 Å². The molecular formula is C10H6ClF3N2O2. The van der Waals surface area contributed by atoms with Gasteiger partial charge in [-0.05, 0) is 0 Å². The molecule has 0 aliphatic heterocycles. The van der Waals surface area contributed by atoms with Crippen molar-refractivity contribution in [1.82, 2.24) is 4.98 Å². The van der Waals surface area contributed by atoms with Gasteiger partial charge in [-0.1, -0.05) is 11.6 Å². The van der Waals surface area contributed by atoms with Crippen LogP contribution in [0.3, 0.4) is 0 Å². The minimum atomic E-state index is -4.45. The number of rotatable bonds is 2. The van der Waals surface area contributed by atoms with Gasteiger partial charge in [0.25, 0.3) is 0 Å². The SMILES string of the molecule is [O-][n+]1ccc(Cl)c2nc(OCC(F)(F)F)ccc21. The van der Waals surface area contributed by atoms with Crippen LogP contribution in [0.2, 0.25) is 5.02 Å². The van der Waals surface area contributed by atoms with Crippen molar-refractivity contribution in [2.75, 3.05) is 6.61 Å². The van der Waals surface area contributed by atoms with Gasteiger partial charge in [0.2, 0.25) is 11.4 Å². The van der Waals surface area contributed by atoms with Crippen molar-refractivity contribution in [3.63, 3.8) is 0 Å². The second kappa shape index (κ2) is 4.49. The zero-order valence-corrected chi connectivity index (χ0v) is 9.50. The van der Waals surface area contributed by atoms with Crippen LogP contribution in [0.15, 0.2) is 24.4 Å². The Hall–Kier alpha value is -1.76. The first-order chi connectivity index (χ1) is 8.37. The van der Waals surface area contributed by atoms with Crippen molar-refractivity contribution >= 4 is 22.6 Å². The van der Waals surface area contributed by atoms with Gasteiger partial charge in [0.1, 0.15) is 0 Å². The van der Waals surface area contributed by atoms with Crippen molar-refractivity contribution in [2.45, 2.75) is 6.18 Å². The number of aromatic nitrogens is 2. The monoisotopic (exact) mass is 278 g/mol. The topological polar surface area (TPSA) is 49.1 Å². The van der Waals surface area contributed by atoms with E-state index in [9.17, 15) is 18.4 Å². The van der Waals surface area contributed by atoms with Crippen LogP contribution < -0.4 is 9.47 Å². The summed E-state index contributed by atoms with van der Waals surface area (Å²) < 4.78 is 40.9. The van der Waals surface area contributed by atoms with Gasteiger partial charge in [0, 0.05) is 18.2 Å². The second-order valence-electron chi connectivity index (χ2n) is 3.41. The Morgan fingerprint density at radius 2 is 2.06 bits per heavy atom. The van der Waals surface area contributed by atoms with Gasteiger partial charge in [-0.25, -0.2) is 4.98 Å². The van der Waals surface area contributed by atoms with E-state index in [1.54, 1.807) is 0 Å². The number of hydrogen-bond acceptors (Lipinski definition) is 3. The first-order valence-electron chi connectivity index (χ1n) is 4.75. The van der Waals surface area contributed by atoms with Crippen LogP contribution in [0, 0.1) is 5.21 Å². The van der Waals surface area contributed by atoms with Gasteiger partial charge >= 0.3 is 6.18 Å². The molecule has 0 amide bonds. The molecule has 0 N–H and O–H groups in total. The molecule has 0 saturated heterocycles. The summed E-state index contributed by atoms with van der Waals surface area (Å²) in [4.78, 5) is 3.76. The van der Waals surface area contributed by atoms with Crippen molar-refractivity contribution < 1.29 is 22.6 Å². The average molecular weight is 279 g/mol. The van der Waals surface area contributed by atoms with Crippen molar-refractivity contribution in [3.05, 3.63) is 34.6 Å². The van der Waals surface area contributed by atoms with Crippen molar-refractivity contribution in [1.29, 1.82) is 0 Å². The Morgan fingerprint density at radius 1 is 1.33 bits per heavy atom. The molecule has 0 atom stereocenters. The number of pyridine rings is 2. The Morgan fingerprint density at radius 3 is 2.72 bits per heavy atom. The summed E-state index contributed by atoms with van der Waals surface area (Å²) in [6.45, 7) is -1.45. The normalized spacial score (nSPS) is 11.8. The number of nitrogens with zero attached hydrogens (tertiary/aromatic N) is 2. The van der Waals surface area contributed by atoms with Crippen molar-refractivity contribution in [2.24, 2.45) is 0 Å². The lowest BCUT2D eigenvalue weighted by atomic mass is 10.3. The molecule has 0 unspecified atom stereocenters. The maximum Gasteiger partial charge on any atom is 0.422 e. The summed E-state index contributed by atoms with van der Waals surface area (Å²) in [5.41, 5.74) is 0.246. The zero-order valence-electron chi connectivity index (χ0n) is 8.74. The highest BCUT2D eigenvalue weighted by molar-refractivity contribution is 6.34. The molecular weight excluding hydrogens is 273 g/mol. The van der Waals surface area contributed by atoms with E-state index in [2.05, 4.69) is 9.72 Å². The van der Waals surface area contributed by atoms with Gasteiger partial charge in [0.15, 0.2) is 18.3 Å². The molecule has 0 aromatic carbocycles. The summed E-state index contributed by atoms with van der Waals surface area (Å²) in [7, 11) is 0. The minimum Gasteiger partial charge on any atom is -0.618 e. The molecule has 96 valence electrons. The standard InChI is InChI=1S/C10H6ClF3N2O2/c11-6-3-4-16(17)7-1-2-8(15-9(6)7)18-5-10(12,13)14/h1-4H,5H2. The lowest BCUT2D eigenvalue weighted by molar-refractivity contribution is -0.577. The molecule has 0 radical (unpaired) electrons. The van der Waals surface area contributed by atoms with Crippen LogP contribution in [0.5, 0.6) is 5.88 Å². The van der Waals surface area contributed by atoms with E-state index in [1.165, 1.54) is 24.4 Å². The molecule has 2 rings (SSSR count). The Bertz CT molecular complexity index is 589. The fourth-order valence-electron chi connectivity index (χ4n) is 1.32. The molecule has 0 bridgehead atoms. The molecule has 4 nitrogen and oxygen atoms in total. The third-order valence-electron chi connectivity index (χ3n) is 2.05. The predicted octanol–water partition coefficient (Wildman–Crippen LogP) is 2.46. The van der Waals surface area contributed by atoms with Gasteiger partial charge in [0.05, 0.1) is 5.02 Å². The summed E-state index contributed by atoms with van der Waals surface area (Å²) in [5.74, 6) is -0.243. The first kappa shape index (κ1) is 12.7. The molecule has 2 aromatic heterocycles. The summed E-state index contributed by atoms with van der Waals surface area (Å²) in [6.07, 6.45) is -3.27. The van der Waals surface area contributed by atoms with Crippen LogP contribution in [0.25, 0.3) is 11.0 Å². The lowest BCUT2D eigenvalue weighted by Gasteiger charge is -2.09. The smallest absolute Gasteiger partial charge is 0.422 e. The number of alkyl halides is 3. The predicted molar refractivity (Wildman–Crippen MR) is 57.3 cm³/mol. The van der Waals surface area contributed by atoms with E-state index in [0.29, 0.717) is 4.73 Å². The van der Waals surface area contributed by atoms with Crippen LogP contribution in [-0.2, 0) is 0 Å². The molecule has 8 heteroatoms. The van der Waals surface area contributed by atoms with E-state index in [0.717, 1.165) is 0 Å². The second-order valence-corrected chi connectivity index (χ2v) is 3.82. The highest BCUT2D eigenvalue weighted by Gasteiger charge is 2.28. The highest BCUT2D eigenvalue weighted by atomic mass is 35.5. The van der Waals surface area contributed by atoms with E-state index in [-0.39, 0.29) is 21.9 Å². The van der Waals surface area contributed by atoms with E-state index in [4.69, 9.17) is 11.6 Å². The summed E-state index contributed by atoms with van der Waals surface area (Å²) >= 11 is 5.80. The zero-order chi connectivity index (χ0) is 13.3. The summed E-state index contributed by atoms with van der Waals surface area (Å²) in [6, 6.07) is 3.78. The molecule has 0 aliphatic rings. The third-order valence-corrected chi connectivity index (χ3v) is 2.36. The Labute approximate surface area is 104 Å². The molecule has 2 heterocycles. The molecule has 0 spiro atoms. The van der Waals surface area contributed by atoms with Crippen LogP contribution in [-0.4, -0.2) is 17.8 Å². The van der Waals surface area contributed by atoms with E-state index >= 15 is 0 Å². The highest BCUT2D eigenvalue weighted by Crippen LogP contribution is 2.22. The fraction of sp³-hybridized carbons (Fsp3) is 0.200. The Balaban J connectivity index is 2.35. The van der Waals surface area contributed by atoms with Gasteiger partial charge in [-0.15, -0.1) is 0 Å². The fourth-order valence-corrected chi connectivity index (χ4v) is 1.51. The van der Waals surface area contributed by atoms with Gasteiger partial charge < -0.3 is 9.94 Å². The molecule has 0 saturated carbocycles.